The van der Waals surface area contributed by atoms with Crippen LogP contribution in [0, 0.1) is 5.92 Å². The van der Waals surface area contributed by atoms with Crippen molar-refractivity contribution >= 4 is 5.82 Å². The van der Waals surface area contributed by atoms with Crippen LogP contribution in [0.1, 0.15) is 51.0 Å². The molecule has 1 aliphatic carbocycles. The zero-order chi connectivity index (χ0) is 13.8. The second-order valence-corrected chi connectivity index (χ2v) is 6.27. The van der Waals surface area contributed by atoms with Gasteiger partial charge in [-0.2, -0.15) is 0 Å². The fourth-order valence-corrected chi connectivity index (χ4v) is 4.04. The van der Waals surface area contributed by atoms with Gasteiger partial charge in [0.05, 0.1) is 0 Å². The van der Waals surface area contributed by atoms with E-state index < -0.39 is 0 Å². The number of nitrogens with zero attached hydrogens (tertiary/aromatic N) is 2. The minimum atomic E-state index is 0.826. The Morgan fingerprint density at radius 3 is 3.00 bits per heavy atom. The molecule has 2 atom stereocenters. The third kappa shape index (κ3) is 2.98. The summed E-state index contributed by atoms with van der Waals surface area (Å²) in [5.41, 5.74) is 1.36. The Hall–Kier alpha value is -1.09. The summed E-state index contributed by atoms with van der Waals surface area (Å²) in [5.74, 6) is 2.03. The number of rotatable bonds is 4. The number of likely N-dealkylation sites (tertiary alicyclic amines) is 1. The fraction of sp³-hybridized carbons (Fsp3) is 0.706. The summed E-state index contributed by atoms with van der Waals surface area (Å²) in [5, 5.41) is 3.40. The number of aromatic nitrogens is 1. The van der Waals surface area contributed by atoms with Crippen molar-refractivity contribution in [1.29, 1.82) is 0 Å². The van der Waals surface area contributed by atoms with Gasteiger partial charge in [-0.3, -0.25) is 4.90 Å². The summed E-state index contributed by atoms with van der Waals surface area (Å²) in [7, 11) is 0. The Bertz CT molecular complexity index is 430. The zero-order valence-electron chi connectivity index (χ0n) is 12.6. The van der Waals surface area contributed by atoms with Crippen LogP contribution in [0.15, 0.2) is 18.3 Å². The molecule has 0 radical (unpaired) electrons. The van der Waals surface area contributed by atoms with Crippen molar-refractivity contribution in [1.82, 2.24) is 9.88 Å². The van der Waals surface area contributed by atoms with Crippen molar-refractivity contribution in [3.63, 3.8) is 0 Å². The van der Waals surface area contributed by atoms with Crippen LogP contribution in [0.2, 0.25) is 0 Å². The summed E-state index contributed by atoms with van der Waals surface area (Å²) in [6.07, 6.45) is 10.4. The first kappa shape index (κ1) is 13.9. The highest BCUT2D eigenvalue weighted by Crippen LogP contribution is 2.36. The van der Waals surface area contributed by atoms with Crippen LogP contribution >= 0.6 is 0 Å². The average Bonchev–Trinajstić information content (AvgIpc) is 2.50. The molecule has 1 aromatic heterocycles. The Morgan fingerprint density at radius 1 is 1.25 bits per heavy atom. The molecule has 0 spiro atoms. The first-order valence-electron chi connectivity index (χ1n) is 8.30. The van der Waals surface area contributed by atoms with Crippen molar-refractivity contribution in [2.75, 3.05) is 18.4 Å². The van der Waals surface area contributed by atoms with Gasteiger partial charge in [-0.1, -0.05) is 18.9 Å². The number of piperidine rings is 1. The van der Waals surface area contributed by atoms with Gasteiger partial charge in [0, 0.05) is 30.9 Å². The van der Waals surface area contributed by atoms with E-state index in [9.17, 15) is 0 Å². The van der Waals surface area contributed by atoms with Crippen molar-refractivity contribution in [2.45, 2.75) is 58.0 Å². The fourth-order valence-electron chi connectivity index (χ4n) is 4.04. The molecule has 1 aliphatic heterocycles. The number of fused-ring (bicyclic) bond motifs is 1. The number of hydrogen-bond donors (Lipinski definition) is 1. The molecule has 0 unspecified atom stereocenters. The molecule has 0 bridgehead atoms. The molecule has 2 aliphatic rings. The molecule has 3 rings (SSSR count). The van der Waals surface area contributed by atoms with E-state index in [1.54, 1.807) is 0 Å². The van der Waals surface area contributed by atoms with E-state index in [4.69, 9.17) is 0 Å². The number of anilines is 1. The predicted molar refractivity (Wildman–Crippen MR) is 83.8 cm³/mol. The zero-order valence-corrected chi connectivity index (χ0v) is 12.6. The lowest BCUT2D eigenvalue weighted by molar-refractivity contribution is 0.0548. The second kappa shape index (κ2) is 6.57. The lowest BCUT2D eigenvalue weighted by atomic mass is 9.78. The predicted octanol–water partition coefficient (Wildman–Crippen LogP) is 3.67. The first-order chi connectivity index (χ1) is 9.88. The van der Waals surface area contributed by atoms with Gasteiger partial charge in [-0.05, 0) is 51.1 Å². The van der Waals surface area contributed by atoms with Gasteiger partial charge in [0.2, 0.25) is 0 Å². The van der Waals surface area contributed by atoms with Gasteiger partial charge in [0.1, 0.15) is 5.82 Å². The standard InChI is InChI=1S/C17H27N3/c1-2-18-17-15(8-5-11-19-17)13-20-12-6-9-14-7-3-4-10-16(14)20/h5,8,11,14,16H,2-4,6-7,9-10,12-13H2,1H3,(H,18,19)/t14-,16-/m1/s1. The van der Waals surface area contributed by atoms with Crippen LogP contribution in [0.3, 0.4) is 0 Å². The van der Waals surface area contributed by atoms with Gasteiger partial charge >= 0.3 is 0 Å². The summed E-state index contributed by atoms with van der Waals surface area (Å²) >= 11 is 0. The molecule has 3 heteroatoms. The molecular formula is C17H27N3. The topological polar surface area (TPSA) is 28.2 Å². The molecule has 1 N–H and O–H groups in total. The molecule has 1 saturated heterocycles. The smallest absolute Gasteiger partial charge is 0.130 e. The minimum Gasteiger partial charge on any atom is -0.370 e. The highest BCUT2D eigenvalue weighted by molar-refractivity contribution is 5.43. The van der Waals surface area contributed by atoms with E-state index in [-0.39, 0.29) is 0 Å². The number of pyridine rings is 1. The van der Waals surface area contributed by atoms with Crippen LogP contribution in [0.5, 0.6) is 0 Å². The van der Waals surface area contributed by atoms with Gasteiger partial charge in [-0.15, -0.1) is 0 Å². The maximum Gasteiger partial charge on any atom is 0.130 e. The average molecular weight is 273 g/mol. The molecule has 0 amide bonds. The van der Waals surface area contributed by atoms with E-state index in [0.29, 0.717) is 0 Å². The van der Waals surface area contributed by atoms with Crippen molar-refractivity contribution in [3.8, 4) is 0 Å². The van der Waals surface area contributed by atoms with E-state index in [1.807, 2.05) is 6.20 Å². The third-order valence-corrected chi connectivity index (χ3v) is 4.97. The van der Waals surface area contributed by atoms with Crippen molar-refractivity contribution < 1.29 is 0 Å². The molecule has 0 aromatic carbocycles. The highest BCUT2D eigenvalue weighted by Gasteiger charge is 2.33. The normalized spacial score (nSPS) is 27.1. The largest absolute Gasteiger partial charge is 0.370 e. The van der Waals surface area contributed by atoms with E-state index in [0.717, 1.165) is 30.9 Å². The van der Waals surface area contributed by atoms with Crippen molar-refractivity contribution in [3.05, 3.63) is 23.9 Å². The summed E-state index contributed by atoms with van der Waals surface area (Å²) < 4.78 is 0. The molecule has 20 heavy (non-hydrogen) atoms. The van der Waals surface area contributed by atoms with E-state index >= 15 is 0 Å². The molecule has 1 saturated carbocycles. The van der Waals surface area contributed by atoms with E-state index in [2.05, 4.69) is 34.3 Å². The first-order valence-corrected chi connectivity index (χ1v) is 8.30. The Labute approximate surface area is 122 Å². The monoisotopic (exact) mass is 273 g/mol. The quantitative estimate of drug-likeness (QED) is 0.907. The van der Waals surface area contributed by atoms with Crippen LogP contribution in [-0.4, -0.2) is 29.0 Å². The summed E-state index contributed by atoms with van der Waals surface area (Å²) in [6.45, 7) is 5.41. The van der Waals surface area contributed by atoms with Crippen LogP contribution in [-0.2, 0) is 6.54 Å². The Morgan fingerprint density at radius 2 is 2.10 bits per heavy atom. The second-order valence-electron chi connectivity index (χ2n) is 6.27. The summed E-state index contributed by atoms with van der Waals surface area (Å²) in [6, 6.07) is 5.13. The molecule has 3 nitrogen and oxygen atoms in total. The van der Waals surface area contributed by atoms with Crippen LogP contribution < -0.4 is 5.32 Å². The molecule has 2 heterocycles. The highest BCUT2D eigenvalue weighted by atomic mass is 15.2. The SMILES string of the molecule is CCNc1ncccc1CN1CCC[C@H]2CCCC[C@H]21. The van der Waals surface area contributed by atoms with Crippen molar-refractivity contribution in [2.24, 2.45) is 5.92 Å². The molecule has 110 valence electrons. The maximum atomic E-state index is 4.50. The summed E-state index contributed by atoms with van der Waals surface area (Å²) in [4.78, 5) is 7.23. The molecule has 1 aromatic rings. The lowest BCUT2D eigenvalue weighted by Crippen LogP contribution is -2.46. The minimum absolute atomic E-state index is 0.826. The number of nitrogens with one attached hydrogen (secondary N) is 1. The Balaban J connectivity index is 1.73. The lowest BCUT2D eigenvalue weighted by Gasteiger charge is -2.44. The van der Waals surface area contributed by atoms with Gasteiger partial charge in [0.15, 0.2) is 0 Å². The van der Waals surface area contributed by atoms with Crippen LogP contribution in [0.4, 0.5) is 5.82 Å². The van der Waals surface area contributed by atoms with Gasteiger partial charge in [0.25, 0.3) is 0 Å². The van der Waals surface area contributed by atoms with Gasteiger partial charge < -0.3 is 5.32 Å². The molecule has 2 fully saturated rings. The Kier molecular flexibility index (Phi) is 4.56. The molecular weight excluding hydrogens is 246 g/mol. The number of hydrogen-bond acceptors (Lipinski definition) is 3. The van der Waals surface area contributed by atoms with Gasteiger partial charge in [-0.25, -0.2) is 4.98 Å². The maximum absolute atomic E-state index is 4.50. The third-order valence-electron chi connectivity index (χ3n) is 4.97. The van der Waals surface area contributed by atoms with E-state index in [1.165, 1.54) is 50.6 Å². The van der Waals surface area contributed by atoms with Crippen LogP contribution in [0.25, 0.3) is 0 Å².